The number of primary amides is 1. The first-order valence-corrected chi connectivity index (χ1v) is 6.81. The third kappa shape index (κ3) is 3.58. The van der Waals surface area contributed by atoms with Gasteiger partial charge in [-0.05, 0) is 18.2 Å². The van der Waals surface area contributed by atoms with Gasteiger partial charge in [0.1, 0.15) is 6.61 Å². The molecule has 2 rings (SSSR count). The molecule has 1 amide bonds. The molecule has 2 aromatic rings. The number of carbonyl (C=O) groups excluding carboxylic acids is 1. The van der Waals surface area contributed by atoms with E-state index in [1.165, 1.54) is 0 Å². The predicted molar refractivity (Wildman–Crippen MR) is 82.4 cm³/mol. The number of nitrogen functional groups attached to an aromatic ring is 1. The number of nitrogens with one attached hydrogen (secondary N) is 1. The highest BCUT2D eigenvalue weighted by atomic mass is 79.9. The van der Waals surface area contributed by atoms with Crippen LogP contribution in [0, 0.1) is 0 Å². The number of fused-ring (bicyclic) bond motifs is 1. The van der Waals surface area contributed by atoms with Crippen LogP contribution >= 0.6 is 15.9 Å². The van der Waals surface area contributed by atoms with Gasteiger partial charge in [-0.15, -0.1) is 0 Å². The third-order valence-corrected chi connectivity index (χ3v) is 3.15. The standard InChI is InChI=1S/C13H15BrN4O2/c14-8-1-2-11-9(5-8)13(10(15)6-18-11)17-3-4-20-7-12(16)19/h1-2,5-6H,3-4,7,15H2,(H2,16,19)(H,17,18). The van der Waals surface area contributed by atoms with Crippen molar-refractivity contribution in [3.8, 4) is 0 Å². The van der Waals surface area contributed by atoms with Crippen molar-refractivity contribution in [2.75, 3.05) is 30.8 Å². The van der Waals surface area contributed by atoms with Crippen molar-refractivity contribution in [1.82, 2.24) is 4.98 Å². The summed E-state index contributed by atoms with van der Waals surface area (Å²) in [4.78, 5) is 14.8. The molecular formula is C13H15BrN4O2. The van der Waals surface area contributed by atoms with Crippen LogP contribution in [-0.2, 0) is 9.53 Å². The number of amides is 1. The quantitative estimate of drug-likeness (QED) is 0.692. The average molecular weight is 339 g/mol. The first kappa shape index (κ1) is 14.5. The molecule has 0 fully saturated rings. The normalized spacial score (nSPS) is 10.7. The minimum Gasteiger partial charge on any atom is -0.396 e. The van der Waals surface area contributed by atoms with E-state index in [0.29, 0.717) is 18.8 Å². The second-order valence-corrected chi connectivity index (χ2v) is 5.11. The van der Waals surface area contributed by atoms with Gasteiger partial charge in [0.15, 0.2) is 0 Å². The molecule has 0 atom stereocenters. The van der Waals surface area contributed by atoms with Crippen molar-refractivity contribution >= 4 is 44.1 Å². The second-order valence-electron chi connectivity index (χ2n) is 4.20. The molecule has 0 unspecified atom stereocenters. The van der Waals surface area contributed by atoms with E-state index in [-0.39, 0.29) is 6.61 Å². The molecule has 0 spiro atoms. The lowest BCUT2D eigenvalue weighted by Gasteiger charge is -2.12. The maximum Gasteiger partial charge on any atom is 0.243 e. The van der Waals surface area contributed by atoms with Gasteiger partial charge in [-0.25, -0.2) is 0 Å². The average Bonchev–Trinajstić information content (AvgIpc) is 2.40. The maximum atomic E-state index is 10.5. The highest BCUT2D eigenvalue weighted by molar-refractivity contribution is 9.10. The fourth-order valence-corrected chi connectivity index (χ4v) is 2.16. The lowest BCUT2D eigenvalue weighted by Crippen LogP contribution is -2.20. The zero-order chi connectivity index (χ0) is 14.5. The molecule has 1 aromatic carbocycles. The van der Waals surface area contributed by atoms with Gasteiger partial charge in [-0.2, -0.15) is 0 Å². The molecule has 7 heteroatoms. The number of nitrogens with two attached hydrogens (primary N) is 2. The van der Waals surface area contributed by atoms with E-state index in [4.69, 9.17) is 16.2 Å². The number of ether oxygens (including phenoxy) is 1. The van der Waals surface area contributed by atoms with Crippen LogP contribution in [0.15, 0.2) is 28.9 Å². The number of pyridine rings is 1. The molecule has 5 N–H and O–H groups in total. The molecule has 20 heavy (non-hydrogen) atoms. The number of benzene rings is 1. The van der Waals surface area contributed by atoms with Crippen molar-refractivity contribution < 1.29 is 9.53 Å². The highest BCUT2D eigenvalue weighted by Gasteiger charge is 2.07. The number of halogens is 1. The first-order valence-electron chi connectivity index (χ1n) is 6.01. The topological polar surface area (TPSA) is 103 Å². The molecule has 0 aliphatic carbocycles. The summed E-state index contributed by atoms with van der Waals surface area (Å²) in [6.07, 6.45) is 1.61. The number of nitrogens with zero attached hydrogens (tertiary/aromatic N) is 1. The van der Waals surface area contributed by atoms with Crippen LogP contribution in [0.2, 0.25) is 0 Å². The van der Waals surface area contributed by atoms with Crippen LogP contribution in [0.25, 0.3) is 10.9 Å². The van der Waals surface area contributed by atoms with Gasteiger partial charge in [0.25, 0.3) is 0 Å². The van der Waals surface area contributed by atoms with Crippen molar-refractivity contribution in [2.24, 2.45) is 5.73 Å². The zero-order valence-electron chi connectivity index (χ0n) is 10.7. The van der Waals surface area contributed by atoms with Gasteiger partial charge in [-0.3, -0.25) is 9.78 Å². The minimum atomic E-state index is -0.484. The molecule has 0 saturated heterocycles. The van der Waals surface area contributed by atoms with E-state index in [0.717, 1.165) is 21.1 Å². The lowest BCUT2D eigenvalue weighted by atomic mass is 10.1. The SMILES string of the molecule is NC(=O)COCCNc1c(N)cnc2ccc(Br)cc12. The molecule has 0 radical (unpaired) electrons. The molecule has 1 aromatic heterocycles. The van der Waals surface area contributed by atoms with E-state index in [2.05, 4.69) is 26.2 Å². The number of hydrogen-bond donors (Lipinski definition) is 3. The molecule has 0 bridgehead atoms. The van der Waals surface area contributed by atoms with Crippen LogP contribution < -0.4 is 16.8 Å². The Bertz CT molecular complexity index is 628. The summed E-state index contributed by atoms with van der Waals surface area (Å²) in [5, 5.41) is 4.12. The van der Waals surface area contributed by atoms with E-state index in [1.54, 1.807) is 6.20 Å². The number of anilines is 2. The number of hydrogen-bond acceptors (Lipinski definition) is 5. The summed E-state index contributed by atoms with van der Waals surface area (Å²) >= 11 is 3.43. The van der Waals surface area contributed by atoms with Gasteiger partial charge in [0.2, 0.25) is 5.91 Å². The monoisotopic (exact) mass is 338 g/mol. The molecule has 1 heterocycles. The largest absolute Gasteiger partial charge is 0.396 e. The summed E-state index contributed by atoms with van der Waals surface area (Å²) in [6.45, 7) is 0.795. The molecule has 106 valence electrons. The molecule has 0 aliphatic rings. The first-order chi connectivity index (χ1) is 9.58. The van der Waals surface area contributed by atoms with E-state index >= 15 is 0 Å². The van der Waals surface area contributed by atoms with Crippen LogP contribution in [-0.4, -0.2) is 30.6 Å². The smallest absolute Gasteiger partial charge is 0.243 e. The van der Waals surface area contributed by atoms with E-state index in [9.17, 15) is 4.79 Å². The van der Waals surface area contributed by atoms with Crippen molar-refractivity contribution in [1.29, 1.82) is 0 Å². The van der Waals surface area contributed by atoms with Crippen LogP contribution in [0.1, 0.15) is 0 Å². The zero-order valence-corrected chi connectivity index (χ0v) is 12.3. The van der Waals surface area contributed by atoms with Crippen molar-refractivity contribution in [3.63, 3.8) is 0 Å². The Morgan fingerprint density at radius 1 is 1.45 bits per heavy atom. The third-order valence-electron chi connectivity index (χ3n) is 2.65. The summed E-state index contributed by atoms with van der Waals surface area (Å²) in [7, 11) is 0. The Balaban J connectivity index is 2.10. The van der Waals surface area contributed by atoms with E-state index < -0.39 is 5.91 Å². The number of aromatic nitrogens is 1. The lowest BCUT2D eigenvalue weighted by molar-refractivity contribution is -0.122. The molecule has 0 saturated carbocycles. The summed E-state index contributed by atoms with van der Waals surface area (Å²) in [5.74, 6) is -0.484. The Morgan fingerprint density at radius 2 is 2.25 bits per heavy atom. The Labute approximate surface area is 124 Å². The Kier molecular flexibility index (Phi) is 4.75. The number of carbonyl (C=O) groups is 1. The van der Waals surface area contributed by atoms with E-state index in [1.807, 2.05) is 18.2 Å². The van der Waals surface area contributed by atoms with Gasteiger partial charge in [0.05, 0.1) is 29.7 Å². The molecule has 0 aliphatic heterocycles. The maximum absolute atomic E-state index is 10.5. The Morgan fingerprint density at radius 3 is 3.00 bits per heavy atom. The summed E-state index contributed by atoms with van der Waals surface area (Å²) < 4.78 is 6.04. The van der Waals surface area contributed by atoms with Crippen molar-refractivity contribution in [3.05, 3.63) is 28.9 Å². The summed E-state index contributed by atoms with van der Waals surface area (Å²) in [5.41, 5.74) is 13.1. The fourth-order valence-electron chi connectivity index (χ4n) is 1.80. The van der Waals surface area contributed by atoms with Gasteiger partial charge < -0.3 is 21.5 Å². The minimum absolute atomic E-state index is 0.0835. The Hall–Kier alpha value is -1.86. The second kappa shape index (κ2) is 6.53. The van der Waals surface area contributed by atoms with Crippen molar-refractivity contribution in [2.45, 2.75) is 0 Å². The fraction of sp³-hybridized carbons (Fsp3) is 0.231. The highest BCUT2D eigenvalue weighted by Crippen LogP contribution is 2.29. The van der Waals surface area contributed by atoms with Crippen LogP contribution in [0.3, 0.4) is 0 Å². The predicted octanol–water partition coefficient (Wildman–Crippen LogP) is 1.49. The van der Waals surface area contributed by atoms with Crippen LogP contribution in [0.4, 0.5) is 11.4 Å². The van der Waals surface area contributed by atoms with Gasteiger partial charge >= 0.3 is 0 Å². The molecule has 6 nitrogen and oxygen atoms in total. The van der Waals surface area contributed by atoms with Gasteiger partial charge in [-0.1, -0.05) is 15.9 Å². The molecular weight excluding hydrogens is 324 g/mol. The number of rotatable bonds is 6. The van der Waals surface area contributed by atoms with Crippen LogP contribution in [0.5, 0.6) is 0 Å². The van der Waals surface area contributed by atoms with Gasteiger partial charge in [0, 0.05) is 16.4 Å². The summed E-state index contributed by atoms with van der Waals surface area (Å²) in [6, 6.07) is 5.78.